The molecule has 0 atom stereocenters. The predicted octanol–water partition coefficient (Wildman–Crippen LogP) is 4.87. The first-order valence-electron chi connectivity index (χ1n) is 8.90. The molecule has 0 unspecified atom stereocenters. The van der Waals surface area contributed by atoms with Crippen LogP contribution in [0.3, 0.4) is 0 Å². The van der Waals surface area contributed by atoms with Crippen molar-refractivity contribution in [3.05, 3.63) is 81.9 Å². The summed E-state index contributed by atoms with van der Waals surface area (Å²) in [5, 5.41) is 4.41. The fourth-order valence-corrected chi connectivity index (χ4v) is 3.99. The van der Waals surface area contributed by atoms with Crippen molar-refractivity contribution in [3.63, 3.8) is 0 Å². The Hall–Kier alpha value is -3.66. The SMILES string of the molecule is NC(=O)c1cc(Cc2ccnc(N)c2F)c(F)c(F)c1Nc1ccc2sccc2c1F. The Balaban J connectivity index is 1.80. The zero-order valence-corrected chi connectivity index (χ0v) is 16.5. The lowest BCUT2D eigenvalue weighted by molar-refractivity contribution is 0.100. The molecular formula is C21H14F4N4OS. The number of aromatic nitrogens is 1. The van der Waals surface area contributed by atoms with E-state index in [9.17, 15) is 22.4 Å². The van der Waals surface area contributed by atoms with E-state index in [2.05, 4.69) is 10.3 Å². The zero-order chi connectivity index (χ0) is 22.3. The number of amides is 1. The van der Waals surface area contributed by atoms with Crippen molar-refractivity contribution < 1.29 is 22.4 Å². The van der Waals surface area contributed by atoms with Gasteiger partial charge in [0.1, 0.15) is 0 Å². The Kier molecular flexibility index (Phi) is 5.24. The van der Waals surface area contributed by atoms with Crippen molar-refractivity contribution in [1.82, 2.24) is 4.98 Å². The van der Waals surface area contributed by atoms with Crippen LogP contribution < -0.4 is 16.8 Å². The summed E-state index contributed by atoms with van der Waals surface area (Å²) >= 11 is 1.32. The van der Waals surface area contributed by atoms with Gasteiger partial charge in [-0.15, -0.1) is 11.3 Å². The Bertz CT molecular complexity index is 1340. The average molecular weight is 446 g/mol. The van der Waals surface area contributed by atoms with Crippen LogP contribution in [0.1, 0.15) is 21.5 Å². The molecule has 0 fully saturated rings. The Morgan fingerprint density at radius 1 is 1.00 bits per heavy atom. The molecule has 0 aliphatic rings. The van der Waals surface area contributed by atoms with Crippen molar-refractivity contribution in [2.24, 2.45) is 5.73 Å². The van der Waals surface area contributed by atoms with Crippen molar-refractivity contribution in [2.45, 2.75) is 6.42 Å². The molecule has 1 amide bonds. The summed E-state index contributed by atoms with van der Waals surface area (Å²) in [6.07, 6.45) is 0.813. The van der Waals surface area contributed by atoms with Gasteiger partial charge in [-0.25, -0.2) is 22.5 Å². The Morgan fingerprint density at radius 3 is 2.52 bits per heavy atom. The molecule has 31 heavy (non-hydrogen) atoms. The fourth-order valence-electron chi connectivity index (χ4n) is 3.21. The van der Waals surface area contributed by atoms with Crippen LogP contribution in [-0.4, -0.2) is 10.9 Å². The monoisotopic (exact) mass is 446 g/mol. The second-order valence-corrected chi connectivity index (χ2v) is 7.63. The third-order valence-corrected chi connectivity index (χ3v) is 5.64. The highest BCUT2D eigenvalue weighted by Gasteiger charge is 2.23. The number of nitrogens with two attached hydrogens (primary N) is 2. The van der Waals surface area contributed by atoms with Gasteiger partial charge < -0.3 is 16.8 Å². The van der Waals surface area contributed by atoms with E-state index < -0.39 is 52.7 Å². The summed E-state index contributed by atoms with van der Waals surface area (Å²) in [7, 11) is 0. The number of nitrogen functional groups attached to an aromatic ring is 1. The second-order valence-electron chi connectivity index (χ2n) is 6.68. The van der Waals surface area contributed by atoms with Gasteiger partial charge in [0.05, 0.1) is 16.9 Å². The second kappa shape index (κ2) is 7.88. The van der Waals surface area contributed by atoms with Crippen LogP contribution in [0.25, 0.3) is 10.1 Å². The highest BCUT2D eigenvalue weighted by molar-refractivity contribution is 7.17. The van der Waals surface area contributed by atoms with E-state index in [1.54, 1.807) is 17.5 Å². The molecule has 0 aliphatic heterocycles. The first-order valence-corrected chi connectivity index (χ1v) is 9.78. The van der Waals surface area contributed by atoms with E-state index in [0.29, 0.717) is 10.1 Å². The predicted molar refractivity (Wildman–Crippen MR) is 111 cm³/mol. The van der Waals surface area contributed by atoms with Gasteiger partial charge in [0.2, 0.25) is 0 Å². The molecule has 0 bridgehead atoms. The van der Waals surface area contributed by atoms with Crippen LogP contribution in [0.15, 0.2) is 41.9 Å². The molecule has 158 valence electrons. The number of hydrogen-bond donors (Lipinski definition) is 3. The number of halogens is 4. The summed E-state index contributed by atoms with van der Waals surface area (Å²) in [6.45, 7) is 0. The molecule has 0 saturated heterocycles. The number of thiophene rings is 1. The minimum Gasteiger partial charge on any atom is -0.381 e. The van der Waals surface area contributed by atoms with E-state index >= 15 is 0 Å². The van der Waals surface area contributed by atoms with E-state index in [1.807, 2.05) is 0 Å². The first-order chi connectivity index (χ1) is 14.8. The van der Waals surface area contributed by atoms with Gasteiger partial charge in [-0.2, -0.15) is 0 Å². The van der Waals surface area contributed by atoms with Gasteiger partial charge in [0.15, 0.2) is 29.1 Å². The molecule has 4 rings (SSSR count). The highest BCUT2D eigenvalue weighted by atomic mass is 32.1. The topological polar surface area (TPSA) is 94.0 Å². The van der Waals surface area contributed by atoms with E-state index in [4.69, 9.17) is 11.5 Å². The lowest BCUT2D eigenvalue weighted by Crippen LogP contribution is -2.17. The van der Waals surface area contributed by atoms with Crippen LogP contribution in [0.4, 0.5) is 34.8 Å². The minimum atomic E-state index is -1.45. The number of pyridine rings is 1. The number of benzene rings is 2. The summed E-state index contributed by atoms with van der Waals surface area (Å²) in [5.74, 6) is -5.82. The van der Waals surface area contributed by atoms with E-state index in [1.165, 1.54) is 29.7 Å². The number of carbonyl (C=O) groups excluding carboxylic acids is 1. The fraction of sp³-hybridized carbons (Fsp3) is 0.0476. The first kappa shape index (κ1) is 20.6. The lowest BCUT2D eigenvalue weighted by atomic mass is 10.00. The molecule has 4 aromatic rings. The smallest absolute Gasteiger partial charge is 0.250 e. The number of fused-ring (bicyclic) bond motifs is 1. The number of nitrogens with one attached hydrogen (secondary N) is 1. The van der Waals surface area contributed by atoms with Gasteiger partial charge in [-0.05, 0) is 46.8 Å². The third-order valence-electron chi connectivity index (χ3n) is 4.75. The normalized spacial score (nSPS) is 11.1. The van der Waals surface area contributed by atoms with Gasteiger partial charge in [0, 0.05) is 22.7 Å². The maximum absolute atomic E-state index is 14.9. The molecule has 10 heteroatoms. The minimum absolute atomic E-state index is 0.0455. The van der Waals surface area contributed by atoms with Gasteiger partial charge >= 0.3 is 0 Å². The molecule has 5 N–H and O–H groups in total. The van der Waals surface area contributed by atoms with E-state index in [0.717, 1.165) is 6.07 Å². The van der Waals surface area contributed by atoms with Gasteiger partial charge in [-0.1, -0.05) is 0 Å². The number of anilines is 3. The molecule has 2 heterocycles. The maximum atomic E-state index is 14.9. The molecular weight excluding hydrogens is 432 g/mol. The van der Waals surface area contributed by atoms with Crippen LogP contribution in [0.2, 0.25) is 0 Å². The third kappa shape index (κ3) is 3.66. The van der Waals surface area contributed by atoms with Gasteiger partial charge in [-0.3, -0.25) is 4.79 Å². The number of primary amides is 1. The van der Waals surface area contributed by atoms with Crippen LogP contribution in [0.5, 0.6) is 0 Å². The molecule has 0 aliphatic carbocycles. The highest BCUT2D eigenvalue weighted by Crippen LogP contribution is 2.34. The number of carbonyl (C=O) groups is 1. The van der Waals surface area contributed by atoms with Crippen LogP contribution in [0, 0.1) is 23.3 Å². The summed E-state index contributed by atoms with van der Waals surface area (Å²) in [6, 6.07) is 6.75. The van der Waals surface area contributed by atoms with Crippen molar-refractivity contribution in [3.8, 4) is 0 Å². The zero-order valence-electron chi connectivity index (χ0n) is 15.7. The standard InChI is InChI=1S/C21H14F4N4OS/c22-15-10(7-9-3-5-28-20(26)16(9)23)8-12(21(27)30)19(18(15)25)29-13-1-2-14-11(17(13)24)4-6-31-14/h1-6,8,29H,7H2,(H2,26,28)(H2,27,30). The van der Waals surface area contributed by atoms with Crippen LogP contribution >= 0.6 is 11.3 Å². The molecule has 0 saturated carbocycles. The molecule has 0 radical (unpaired) electrons. The largest absolute Gasteiger partial charge is 0.381 e. The molecule has 2 aromatic carbocycles. The van der Waals surface area contributed by atoms with Crippen molar-refractivity contribution >= 4 is 44.5 Å². The summed E-state index contributed by atoms with van der Waals surface area (Å²) < 4.78 is 59.3. The molecule has 0 spiro atoms. The Labute approximate surface area is 177 Å². The molecule has 5 nitrogen and oxygen atoms in total. The Morgan fingerprint density at radius 2 is 1.77 bits per heavy atom. The maximum Gasteiger partial charge on any atom is 0.250 e. The van der Waals surface area contributed by atoms with Crippen LogP contribution in [-0.2, 0) is 6.42 Å². The number of rotatable bonds is 5. The summed E-state index contributed by atoms with van der Waals surface area (Å²) in [5.41, 5.74) is 9.20. The number of hydrogen-bond acceptors (Lipinski definition) is 5. The lowest BCUT2D eigenvalue weighted by Gasteiger charge is -2.16. The number of nitrogens with zero attached hydrogens (tertiary/aromatic N) is 1. The van der Waals surface area contributed by atoms with Crippen molar-refractivity contribution in [2.75, 3.05) is 11.1 Å². The van der Waals surface area contributed by atoms with Gasteiger partial charge in [0.25, 0.3) is 5.91 Å². The molecule has 2 aromatic heterocycles. The van der Waals surface area contributed by atoms with Crippen molar-refractivity contribution in [1.29, 1.82) is 0 Å². The van der Waals surface area contributed by atoms with E-state index in [-0.39, 0.29) is 16.8 Å². The summed E-state index contributed by atoms with van der Waals surface area (Å²) in [4.78, 5) is 15.5. The average Bonchev–Trinajstić information content (AvgIpc) is 3.22. The quantitative estimate of drug-likeness (QED) is 0.382.